The molecule has 0 saturated carbocycles. The summed E-state index contributed by atoms with van der Waals surface area (Å²) in [5, 5.41) is 24.0. The molecule has 0 aromatic heterocycles. The summed E-state index contributed by atoms with van der Waals surface area (Å²) in [5.74, 6) is 0. The summed E-state index contributed by atoms with van der Waals surface area (Å²) in [6.07, 6.45) is 0.427. The third kappa shape index (κ3) is 25.5. The highest BCUT2D eigenvalue weighted by atomic mass is 28.1. The van der Waals surface area contributed by atoms with Crippen molar-refractivity contribution in [3.63, 3.8) is 0 Å². The Labute approximate surface area is 70.6 Å². The van der Waals surface area contributed by atoms with Crippen LogP contribution in [0, 0.1) is 0 Å². The Balaban J connectivity index is -0.000000114. The van der Waals surface area contributed by atoms with E-state index in [-0.39, 0.29) is 18.7 Å². The van der Waals surface area contributed by atoms with E-state index < -0.39 is 6.10 Å². The average Bonchev–Trinajstić information content (AvgIpc) is 2.03. The smallest absolute Gasteiger partial charge is 0.100 e. The quantitative estimate of drug-likeness (QED) is 0.430. The molecule has 72 valence electrons. The van der Waals surface area contributed by atoms with Crippen molar-refractivity contribution in [2.75, 3.05) is 13.2 Å². The molecule has 0 aromatic rings. The molecule has 0 aliphatic heterocycles. The van der Waals surface area contributed by atoms with Gasteiger partial charge in [-0.25, -0.2) is 0 Å². The van der Waals surface area contributed by atoms with Gasteiger partial charge in [0, 0.05) is 10.2 Å². The van der Waals surface area contributed by atoms with Crippen molar-refractivity contribution in [2.45, 2.75) is 25.5 Å². The number of hydrogen-bond donors (Lipinski definition) is 3. The van der Waals surface area contributed by atoms with Gasteiger partial charge in [0.15, 0.2) is 0 Å². The first-order valence-electron chi connectivity index (χ1n) is 3.62. The molecule has 0 atom stereocenters. The number of aliphatic hydroxyl groups is 3. The average molecular weight is 184 g/mol. The van der Waals surface area contributed by atoms with E-state index in [2.05, 4.69) is 6.92 Å². The van der Waals surface area contributed by atoms with Crippen molar-refractivity contribution in [1.82, 2.24) is 0 Å². The van der Waals surface area contributed by atoms with Crippen molar-refractivity contribution in [3.8, 4) is 0 Å². The molecular formula is C6H20O4Si. The topological polar surface area (TPSA) is 92.2 Å². The van der Waals surface area contributed by atoms with Crippen LogP contribution < -0.4 is 0 Å². The lowest BCUT2D eigenvalue weighted by atomic mass is 10.4. The highest BCUT2D eigenvalue weighted by Crippen LogP contribution is 1.73. The number of rotatable bonds is 3. The Bertz CT molecular complexity index is 47.8. The van der Waals surface area contributed by atoms with Gasteiger partial charge in [-0.3, -0.25) is 0 Å². The van der Waals surface area contributed by atoms with Gasteiger partial charge in [-0.1, -0.05) is 19.4 Å². The molecule has 4 nitrogen and oxygen atoms in total. The molecule has 0 saturated heterocycles. The molecule has 0 aliphatic rings. The predicted molar refractivity (Wildman–Crippen MR) is 48.8 cm³/mol. The van der Waals surface area contributed by atoms with Gasteiger partial charge >= 0.3 is 0 Å². The lowest BCUT2D eigenvalue weighted by Crippen LogP contribution is -2.15. The summed E-state index contributed by atoms with van der Waals surface area (Å²) in [4.78, 5) is 0. The van der Waals surface area contributed by atoms with Crippen molar-refractivity contribution < 1.29 is 20.8 Å². The number of aliphatic hydroxyl groups excluding tert-OH is 3. The van der Waals surface area contributed by atoms with Crippen LogP contribution in [-0.2, 0) is 0 Å². The largest absolute Gasteiger partial charge is 0.412 e. The highest BCUT2D eigenvalue weighted by molar-refractivity contribution is 6.08. The zero-order valence-electron chi connectivity index (χ0n) is 7.25. The standard InChI is InChI=1S/C3H8O3.C3H10Si.H2O/c4-1-3(6)2-5;1-2-3-4;/h3-6H,1-2H2;2-3H2,1,4H3;1H2. The molecule has 11 heavy (non-hydrogen) atoms. The van der Waals surface area contributed by atoms with Crippen LogP contribution in [0.5, 0.6) is 0 Å². The second-order valence-electron chi connectivity index (χ2n) is 2.02. The predicted octanol–water partition coefficient (Wildman–Crippen LogP) is -2.31. The van der Waals surface area contributed by atoms with Crippen LogP contribution in [0.4, 0.5) is 0 Å². The molecule has 5 N–H and O–H groups in total. The van der Waals surface area contributed by atoms with Gasteiger partial charge in [-0.05, 0) is 0 Å². The normalized spacial score (nSPS) is 8.45. The molecule has 0 fully saturated rings. The molecule has 0 radical (unpaired) electrons. The maximum Gasteiger partial charge on any atom is 0.100 e. The Morgan fingerprint density at radius 1 is 1.27 bits per heavy atom. The first-order chi connectivity index (χ1) is 4.72. The summed E-state index contributed by atoms with van der Waals surface area (Å²) in [6.45, 7) is 1.49. The van der Waals surface area contributed by atoms with Crippen LogP contribution in [0.25, 0.3) is 0 Å². The molecule has 0 bridgehead atoms. The molecule has 0 amide bonds. The molecule has 5 heteroatoms. The van der Waals surface area contributed by atoms with Crippen LogP contribution in [0.15, 0.2) is 0 Å². The Hall–Kier alpha value is 0.0569. The second kappa shape index (κ2) is 16.6. The van der Waals surface area contributed by atoms with Crippen molar-refractivity contribution >= 4 is 10.2 Å². The lowest BCUT2D eigenvalue weighted by molar-refractivity contribution is 0.0450. The van der Waals surface area contributed by atoms with Crippen LogP contribution in [0.2, 0.25) is 6.04 Å². The van der Waals surface area contributed by atoms with Gasteiger partial charge in [0.1, 0.15) is 6.10 Å². The van der Waals surface area contributed by atoms with E-state index in [1.54, 1.807) is 0 Å². The first kappa shape index (κ1) is 17.2. The van der Waals surface area contributed by atoms with Gasteiger partial charge in [0.25, 0.3) is 0 Å². The van der Waals surface area contributed by atoms with Crippen molar-refractivity contribution in [2.24, 2.45) is 0 Å². The van der Waals surface area contributed by atoms with Gasteiger partial charge in [-0.15, -0.1) is 0 Å². The van der Waals surface area contributed by atoms with Gasteiger partial charge in [0.2, 0.25) is 0 Å². The minimum absolute atomic E-state index is 0. The zero-order valence-corrected chi connectivity index (χ0v) is 9.25. The Morgan fingerprint density at radius 2 is 1.55 bits per heavy atom. The van der Waals surface area contributed by atoms with E-state index in [4.69, 9.17) is 15.3 Å². The van der Waals surface area contributed by atoms with Crippen LogP contribution in [0.1, 0.15) is 13.3 Å². The van der Waals surface area contributed by atoms with Crippen LogP contribution in [0.3, 0.4) is 0 Å². The van der Waals surface area contributed by atoms with E-state index in [0.29, 0.717) is 0 Å². The fraction of sp³-hybridized carbons (Fsp3) is 1.00. The summed E-state index contributed by atoms with van der Waals surface area (Å²) >= 11 is 0. The monoisotopic (exact) mass is 184 g/mol. The molecule has 0 aromatic carbocycles. The van der Waals surface area contributed by atoms with E-state index in [0.717, 1.165) is 0 Å². The third-order valence-electron chi connectivity index (χ3n) is 0.921. The minimum atomic E-state index is -0.954. The SMILES string of the molecule is CCC[SiH3].O.OCC(O)CO. The molecule has 0 unspecified atom stereocenters. The van der Waals surface area contributed by atoms with Crippen LogP contribution >= 0.6 is 0 Å². The maximum atomic E-state index is 8.17. The van der Waals surface area contributed by atoms with Crippen molar-refractivity contribution in [3.05, 3.63) is 0 Å². The molecule has 0 spiro atoms. The van der Waals surface area contributed by atoms with Crippen molar-refractivity contribution in [1.29, 1.82) is 0 Å². The van der Waals surface area contributed by atoms with Gasteiger partial charge in [-0.2, -0.15) is 0 Å². The zero-order chi connectivity index (χ0) is 8.41. The van der Waals surface area contributed by atoms with Crippen LogP contribution in [-0.4, -0.2) is 50.4 Å². The number of hydrogen-bond acceptors (Lipinski definition) is 3. The molecular weight excluding hydrogens is 164 g/mol. The Kier molecular flexibility index (Phi) is 25.9. The molecule has 0 heterocycles. The summed E-state index contributed by atoms with van der Waals surface area (Å²) < 4.78 is 0. The Morgan fingerprint density at radius 3 is 1.55 bits per heavy atom. The molecule has 0 rings (SSSR count). The summed E-state index contributed by atoms with van der Waals surface area (Å²) in [7, 11) is 1.39. The fourth-order valence-electron chi connectivity index (χ4n) is 0.0577. The van der Waals surface area contributed by atoms with E-state index in [9.17, 15) is 0 Å². The maximum absolute atomic E-state index is 8.17. The van der Waals surface area contributed by atoms with Gasteiger partial charge < -0.3 is 20.8 Å². The van der Waals surface area contributed by atoms with E-state index in [1.807, 2.05) is 0 Å². The second-order valence-corrected chi connectivity index (χ2v) is 3.02. The first-order valence-corrected chi connectivity index (χ1v) is 5.04. The minimum Gasteiger partial charge on any atom is -0.412 e. The lowest BCUT2D eigenvalue weighted by Gasteiger charge is -1.96. The third-order valence-corrected chi connectivity index (χ3v) is 1.92. The van der Waals surface area contributed by atoms with E-state index >= 15 is 0 Å². The summed E-state index contributed by atoms with van der Waals surface area (Å²) in [5.41, 5.74) is 0. The van der Waals surface area contributed by atoms with Gasteiger partial charge in [0.05, 0.1) is 13.2 Å². The highest BCUT2D eigenvalue weighted by Gasteiger charge is 1.93. The molecule has 0 aliphatic carbocycles. The fourth-order valence-corrected chi connectivity index (χ4v) is 0.0577. The summed E-state index contributed by atoms with van der Waals surface area (Å²) in [6, 6.07) is 1.46. The van der Waals surface area contributed by atoms with E-state index in [1.165, 1.54) is 22.7 Å².